The highest BCUT2D eigenvalue weighted by atomic mass is 32.2. The van der Waals surface area contributed by atoms with Crippen molar-refractivity contribution in [3.8, 4) is 11.5 Å². The van der Waals surface area contributed by atoms with Crippen molar-refractivity contribution in [2.45, 2.75) is 0 Å². The van der Waals surface area contributed by atoms with Gasteiger partial charge < -0.3 is 4.74 Å². The highest BCUT2D eigenvalue weighted by Gasteiger charge is 2.25. The molecule has 0 bridgehead atoms. The number of benzene rings is 2. The molecule has 1 N–H and O–H groups in total. The predicted molar refractivity (Wildman–Crippen MR) is 82.0 cm³/mol. The molecule has 0 radical (unpaired) electrons. The quantitative estimate of drug-likeness (QED) is 0.872. The van der Waals surface area contributed by atoms with Crippen LogP contribution in [0.15, 0.2) is 53.4 Å². The number of thioether (sulfide) groups is 1. The lowest BCUT2D eigenvalue weighted by molar-refractivity contribution is -0.115. The molecule has 0 spiro atoms. The van der Waals surface area contributed by atoms with Gasteiger partial charge in [0.1, 0.15) is 17.3 Å². The number of carbonyl (C=O) groups excluding carboxylic acids is 2. The zero-order valence-corrected chi connectivity index (χ0v) is 12.0. The topological polar surface area (TPSA) is 55.4 Å². The molecule has 0 atom stereocenters. The minimum absolute atomic E-state index is 0.306. The number of hydrogen-bond acceptors (Lipinski definition) is 4. The Hall–Kier alpha value is -2.60. The van der Waals surface area contributed by atoms with Crippen LogP contribution < -0.4 is 10.1 Å². The Balaban J connectivity index is 1.90. The second kappa shape index (κ2) is 6.03. The third-order valence-electron chi connectivity index (χ3n) is 2.89. The van der Waals surface area contributed by atoms with Crippen molar-refractivity contribution in [2.24, 2.45) is 0 Å². The average Bonchev–Trinajstić information content (AvgIpc) is 2.81. The van der Waals surface area contributed by atoms with Gasteiger partial charge in [0.2, 0.25) is 0 Å². The molecule has 1 aliphatic rings. The van der Waals surface area contributed by atoms with Gasteiger partial charge in [-0.3, -0.25) is 14.9 Å². The zero-order chi connectivity index (χ0) is 15.5. The fourth-order valence-corrected chi connectivity index (χ4v) is 2.56. The molecule has 22 heavy (non-hydrogen) atoms. The number of nitrogens with one attached hydrogen (secondary N) is 1. The average molecular weight is 315 g/mol. The summed E-state index contributed by atoms with van der Waals surface area (Å²) in [7, 11) is 0. The summed E-state index contributed by atoms with van der Waals surface area (Å²) < 4.78 is 18.6. The first-order valence-electron chi connectivity index (χ1n) is 6.39. The lowest BCUT2D eigenvalue weighted by Gasteiger charge is -2.09. The molecule has 0 aromatic heterocycles. The van der Waals surface area contributed by atoms with E-state index in [-0.39, 0.29) is 5.82 Å². The van der Waals surface area contributed by atoms with E-state index in [4.69, 9.17) is 4.74 Å². The van der Waals surface area contributed by atoms with Gasteiger partial charge in [-0.1, -0.05) is 18.2 Å². The van der Waals surface area contributed by atoms with Crippen LogP contribution in [0.3, 0.4) is 0 Å². The first-order chi connectivity index (χ1) is 10.6. The minimum atomic E-state index is -0.424. The summed E-state index contributed by atoms with van der Waals surface area (Å²) in [6.07, 6.45) is 1.59. The van der Waals surface area contributed by atoms with E-state index in [1.165, 1.54) is 24.3 Å². The van der Waals surface area contributed by atoms with E-state index in [1.807, 2.05) is 0 Å². The predicted octanol–water partition coefficient (Wildman–Crippen LogP) is 3.94. The Kier molecular flexibility index (Phi) is 3.93. The summed E-state index contributed by atoms with van der Waals surface area (Å²) >= 11 is 0.842. The Morgan fingerprint density at radius 3 is 2.45 bits per heavy atom. The monoisotopic (exact) mass is 315 g/mol. The SMILES string of the molecule is O=C1NC(=O)/C(=C\c2ccccc2Oc2ccc(F)cc2)S1. The smallest absolute Gasteiger partial charge is 0.290 e. The molecule has 1 fully saturated rings. The molecule has 2 aromatic rings. The molecule has 2 amide bonds. The summed E-state index contributed by atoms with van der Waals surface area (Å²) in [5.74, 6) is 0.216. The maximum absolute atomic E-state index is 12.9. The van der Waals surface area contributed by atoms with Crippen molar-refractivity contribution in [2.75, 3.05) is 0 Å². The first-order valence-corrected chi connectivity index (χ1v) is 7.21. The van der Waals surface area contributed by atoms with Crippen molar-refractivity contribution in [3.63, 3.8) is 0 Å². The third kappa shape index (κ3) is 3.17. The van der Waals surface area contributed by atoms with Crippen LogP contribution in [0.1, 0.15) is 5.56 Å². The maximum Gasteiger partial charge on any atom is 0.290 e. The van der Waals surface area contributed by atoms with Crippen LogP contribution in [-0.4, -0.2) is 11.1 Å². The number of amides is 2. The lowest BCUT2D eigenvalue weighted by atomic mass is 10.2. The van der Waals surface area contributed by atoms with Gasteiger partial charge in [-0.2, -0.15) is 0 Å². The number of para-hydroxylation sites is 1. The van der Waals surface area contributed by atoms with E-state index in [2.05, 4.69) is 5.32 Å². The molecule has 110 valence electrons. The van der Waals surface area contributed by atoms with Crippen LogP contribution in [0.25, 0.3) is 6.08 Å². The number of carbonyl (C=O) groups is 2. The van der Waals surface area contributed by atoms with Gasteiger partial charge in [0.05, 0.1) is 4.91 Å². The second-order valence-electron chi connectivity index (χ2n) is 4.45. The summed E-state index contributed by atoms with van der Waals surface area (Å²) in [4.78, 5) is 23.1. The van der Waals surface area contributed by atoms with Gasteiger partial charge in [-0.15, -0.1) is 0 Å². The molecule has 4 nitrogen and oxygen atoms in total. The fraction of sp³-hybridized carbons (Fsp3) is 0. The van der Waals surface area contributed by atoms with E-state index in [9.17, 15) is 14.0 Å². The van der Waals surface area contributed by atoms with Gasteiger partial charge in [-0.25, -0.2) is 4.39 Å². The molecule has 1 aliphatic heterocycles. The van der Waals surface area contributed by atoms with Crippen LogP contribution in [0.5, 0.6) is 11.5 Å². The molecule has 6 heteroatoms. The summed E-state index contributed by atoms with van der Waals surface area (Å²) in [5, 5.41) is 1.80. The van der Waals surface area contributed by atoms with Crippen molar-refractivity contribution in [1.29, 1.82) is 0 Å². The highest BCUT2D eigenvalue weighted by Crippen LogP contribution is 2.31. The van der Waals surface area contributed by atoms with E-state index in [1.54, 1.807) is 30.3 Å². The molecule has 3 rings (SSSR count). The van der Waals surface area contributed by atoms with Gasteiger partial charge >= 0.3 is 0 Å². The van der Waals surface area contributed by atoms with E-state index >= 15 is 0 Å². The van der Waals surface area contributed by atoms with Crippen molar-refractivity contribution >= 4 is 29.0 Å². The molecular weight excluding hydrogens is 305 g/mol. The second-order valence-corrected chi connectivity index (χ2v) is 5.46. The summed E-state index contributed by atoms with van der Waals surface area (Å²) in [6, 6.07) is 12.7. The van der Waals surface area contributed by atoms with Crippen LogP contribution in [-0.2, 0) is 4.79 Å². The molecule has 1 heterocycles. The van der Waals surface area contributed by atoms with E-state index in [0.29, 0.717) is 22.0 Å². The molecule has 0 unspecified atom stereocenters. The number of imide groups is 1. The van der Waals surface area contributed by atoms with Gasteiger partial charge in [-0.05, 0) is 48.2 Å². The van der Waals surface area contributed by atoms with Crippen molar-refractivity contribution in [1.82, 2.24) is 5.32 Å². The van der Waals surface area contributed by atoms with Gasteiger partial charge in [0.25, 0.3) is 11.1 Å². The number of rotatable bonds is 3. The minimum Gasteiger partial charge on any atom is -0.457 e. The third-order valence-corrected chi connectivity index (χ3v) is 3.70. The van der Waals surface area contributed by atoms with Gasteiger partial charge in [0.15, 0.2) is 0 Å². The standard InChI is InChI=1S/C16H10FNO3S/c17-11-5-7-12(8-6-11)21-13-4-2-1-3-10(13)9-14-15(19)18-16(20)22-14/h1-9H,(H,18,19,20)/b14-9+. The molecule has 1 saturated heterocycles. The lowest BCUT2D eigenvalue weighted by Crippen LogP contribution is -2.17. The largest absolute Gasteiger partial charge is 0.457 e. The highest BCUT2D eigenvalue weighted by molar-refractivity contribution is 8.18. The normalized spacial score (nSPS) is 16.0. The molecular formula is C16H10FNO3S. The Bertz CT molecular complexity index is 771. The van der Waals surface area contributed by atoms with Crippen molar-refractivity contribution in [3.05, 3.63) is 64.8 Å². The molecule has 0 saturated carbocycles. The van der Waals surface area contributed by atoms with Crippen LogP contribution in [0, 0.1) is 5.82 Å². The number of halogens is 1. The number of ether oxygens (including phenoxy) is 1. The van der Waals surface area contributed by atoms with E-state index in [0.717, 1.165) is 11.8 Å². The summed E-state index contributed by atoms with van der Waals surface area (Å²) in [5.41, 5.74) is 0.652. The zero-order valence-electron chi connectivity index (χ0n) is 11.2. The first kappa shape index (κ1) is 14.3. The summed E-state index contributed by atoms with van der Waals surface area (Å²) in [6.45, 7) is 0. The Morgan fingerprint density at radius 2 is 1.77 bits per heavy atom. The Labute approximate surface area is 130 Å². The van der Waals surface area contributed by atoms with Crippen LogP contribution >= 0.6 is 11.8 Å². The Morgan fingerprint density at radius 1 is 1.05 bits per heavy atom. The molecule has 2 aromatic carbocycles. The van der Waals surface area contributed by atoms with Crippen LogP contribution in [0.2, 0.25) is 0 Å². The van der Waals surface area contributed by atoms with E-state index < -0.39 is 11.1 Å². The van der Waals surface area contributed by atoms with Gasteiger partial charge in [0, 0.05) is 5.56 Å². The van der Waals surface area contributed by atoms with Crippen LogP contribution in [0.4, 0.5) is 9.18 Å². The maximum atomic E-state index is 12.9. The van der Waals surface area contributed by atoms with Crippen molar-refractivity contribution < 1.29 is 18.7 Å². The molecule has 0 aliphatic carbocycles. The fourth-order valence-electron chi connectivity index (χ4n) is 1.88. The number of hydrogen-bond donors (Lipinski definition) is 1.